The maximum atomic E-state index is 13.4. The summed E-state index contributed by atoms with van der Waals surface area (Å²) in [4.78, 5) is 24.8. The molecule has 0 saturated heterocycles. The van der Waals surface area contributed by atoms with Crippen molar-refractivity contribution >= 4 is 17.3 Å². The number of halogens is 1. The topological polar surface area (TPSA) is 105 Å². The quantitative estimate of drug-likeness (QED) is 0.647. The van der Waals surface area contributed by atoms with Crippen molar-refractivity contribution in [3.05, 3.63) is 63.7 Å². The summed E-state index contributed by atoms with van der Waals surface area (Å²) in [5.74, 6) is -2.05. The third-order valence-electron chi connectivity index (χ3n) is 2.69. The molecule has 0 saturated carbocycles. The van der Waals surface area contributed by atoms with E-state index in [1.807, 2.05) is 0 Å². The number of nitrogens with zero attached hydrogens (tertiary/aromatic N) is 2. The minimum Gasteiger partial charge on any atom is -0.478 e. The lowest BCUT2D eigenvalue weighted by Crippen LogP contribution is -2.06. The molecule has 2 rings (SSSR count). The normalized spacial score (nSPS) is 10.1. The van der Waals surface area contributed by atoms with Crippen molar-refractivity contribution in [2.24, 2.45) is 0 Å². The van der Waals surface area contributed by atoms with Gasteiger partial charge in [-0.25, -0.2) is 4.79 Å². The van der Waals surface area contributed by atoms with Crippen LogP contribution in [0.5, 0.6) is 0 Å². The van der Waals surface area contributed by atoms with Crippen molar-refractivity contribution in [1.29, 1.82) is 0 Å². The maximum absolute atomic E-state index is 13.4. The summed E-state index contributed by atoms with van der Waals surface area (Å²) in [6, 6.07) is 6.36. The molecule has 0 aliphatic heterocycles. The number of pyridine rings is 1. The first-order valence-electron chi connectivity index (χ1n) is 5.84. The van der Waals surface area contributed by atoms with Gasteiger partial charge in [-0.3, -0.25) is 15.1 Å². The second-order valence-electron chi connectivity index (χ2n) is 4.09. The highest BCUT2D eigenvalue weighted by molar-refractivity contribution is 5.87. The molecule has 1 aromatic carbocycles. The smallest absolute Gasteiger partial charge is 0.335 e. The molecular formula is C13H10FN3O4. The summed E-state index contributed by atoms with van der Waals surface area (Å²) >= 11 is 0. The summed E-state index contributed by atoms with van der Waals surface area (Å²) in [7, 11) is 0. The number of carboxylic acid groups (broad SMARTS) is 1. The average Bonchev–Trinajstić information content (AvgIpc) is 2.45. The Hall–Kier alpha value is -3.03. The number of nitro benzene ring substituents is 1. The number of hydrogen-bond donors (Lipinski definition) is 2. The fourth-order valence-corrected chi connectivity index (χ4v) is 1.74. The molecule has 0 fully saturated rings. The predicted molar refractivity (Wildman–Crippen MR) is 71.6 cm³/mol. The monoisotopic (exact) mass is 291 g/mol. The highest BCUT2D eigenvalue weighted by Crippen LogP contribution is 2.27. The number of benzene rings is 1. The average molecular weight is 291 g/mol. The number of para-hydroxylation sites is 1. The van der Waals surface area contributed by atoms with Gasteiger partial charge in [-0.2, -0.15) is 4.39 Å². The number of aromatic nitrogens is 1. The van der Waals surface area contributed by atoms with E-state index in [-0.39, 0.29) is 17.8 Å². The fourth-order valence-electron chi connectivity index (χ4n) is 1.74. The summed E-state index contributed by atoms with van der Waals surface area (Å²) in [5, 5.41) is 22.4. The first-order valence-corrected chi connectivity index (χ1v) is 5.84. The molecule has 8 heteroatoms. The Kier molecular flexibility index (Phi) is 4.07. The van der Waals surface area contributed by atoms with E-state index in [9.17, 15) is 19.3 Å². The van der Waals surface area contributed by atoms with Gasteiger partial charge in [-0.1, -0.05) is 6.07 Å². The van der Waals surface area contributed by atoms with Crippen LogP contribution in [-0.4, -0.2) is 21.0 Å². The zero-order valence-electron chi connectivity index (χ0n) is 10.6. The summed E-state index contributed by atoms with van der Waals surface area (Å²) in [6.07, 6.45) is 1.32. The van der Waals surface area contributed by atoms with Crippen molar-refractivity contribution in [3.63, 3.8) is 0 Å². The molecule has 2 aromatic rings. The lowest BCUT2D eigenvalue weighted by molar-refractivity contribution is -0.386. The van der Waals surface area contributed by atoms with E-state index >= 15 is 0 Å². The first-order chi connectivity index (χ1) is 9.99. The Balaban J connectivity index is 2.21. The molecule has 0 aliphatic rings. The van der Waals surface area contributed by atoms with Gasteiger partial charge in [0.05, 0.1) is 22.7 Å². The van der Waals surface area contributed by atoms with Crippen molar-refractivity contribution in [3.8, 4) is 0 Å². The number of aromatic carboxylic acids is 1. The zero-order chi connectivity index (χ0) is 15.4. The van der Waals surface area contributed by atoms with Gasteiger partial charge < -0.3 is 10.4 Å². The standard InChI is InChI=1S/C13H10FN3O4/c14-10-2-1-3-11(12(10)17(20)21)16-7-9-6-8(13(18)19)4-5-15-9/h1-6,16H,7H2,(H,18,19). The zero-order valence-corrected chi connectivity index (χ0v) is 10.6. The molecule has 108 valence electrons. The second-order valence-corrected chi connectivity index (χ2v) is 4.09. The van der Waals surface area contributed by atoms with Crippen LogP contribution in [0, 0.1) is 15.9 Å². The molecule has 0 aliphatic carbocycles. The maximum Gasteiger partial charge on any atom is 0.335 e. The van der Waals surface area contributed by atoms with Gasteiger partial charge in [0.15, 0.2) is 0 Å². The van der Waals surface area contributed by atoms with Crippen LogP contribution in [0.1, 0.15) is 16.1 Å². The van der Waals surface area contributed by atoms with Gasteiger partial charge in [-0.05, 0) is 24.3 Å². The Morgan fingerprint density at radius 2 is 2.19 bits per heavy atom. The van der Waals surface area contributed by atoms with Gasteiger partial charge in [-0.15, -0.1) is 0 Å². The van der Waals surface area contributed by atoms with Crippen molar-refractivity contribution in [2.45, 2.75) is 6.54 Å². The van der Waals surface area contributed by atoms with Crippen molar-refractivity contribution < 1.29 is 19.2 Å². The minimum atomic E-state index is -1.10. The van der Waals surface area contributed by atoms with Gasteiger partial charge in [0, 0.05) is 6.20 Å². The molecule has 0 bridgehead atoms. The Morgan fingerprint density at radius 3 is 2.86 bits per heavy atom. The van der Waals surface area contributed by atoms with Crippen LogP contribution >= 0.6 is 0 Å². The Bertz CT molecular complexity index is 706. The summed E-state index contributed by atoms with van der Waals surface area (Å²) in [5.41, 5.74) is -0.238. The molecular weight excluding hydrogens is 281 g/mol. The van der Waals surface area contributed by atoms with Crippen molar-refractivity contribution in [2.75, 3.05) is 5.32 Å². The molecule has 0 atom stereocenters. The molecule has 2 N–H and O–H groups in total. The number of rotatable bonds is 5. The highest BCUT2D eigenvalue weighted by atomic mass is 19.1. The molecule has 7 nitrogen and oxygen atoms in total. The largest absolute Gasteiger partial charge is 0.478 e. The number of carbonyl (C=O) groups is 1. The number of nitrogens with one attached hydrogen (secondary N) is 1. The Labute approximate surface area is 118 Å². The molecule has 0 amide bonds. The van der Waals surface area contributed by atoms with E-state index in [4.69, 9.17) is 5.11 Å². The number of hydrogen-bond acceptors (Lipinski definition) is 5. The molecule has 21 heavy (non-hydrogen) atoms. The van der Waals surface area contributed by atoms with Crippen LogP contribution in [0.2, 0.25) is 0 Å². The van der Waals surface area contributed by atoms with E-state index in [0.29, 0.717) is 5.69 Å². The predicted octanol–water partition coefficient (Wildman–Crippen LogP) is 2.44. The number of anilines is 1. The van der Waals surface area contributed by atoms with Gasteiger partial charge in [0.1, 0.15) is 5.69 Å². The lowest BCUT2D eigenvalue weighted by atomic mass is 10.2. The van der Waals surface area contributed by atoms with Crippen LogP contribution in [-0.2, 0) is 6.54 Å². The minimum absolute atomic E-state index is 0.00234. The third-order valence-corrected chi connectivity index (χ3v) is 2.69. The molecule has 0 spiro atoms. The third kappa shape index (κ3) is 3.30. The van der Waals surface area contributed by atoms with Crippen LogP contribution in [0.4, 0.5) is 15.8 Å². The van der Waals surface area contributed by atoms with Crippen molar-refractivity contribution in [1.82, 2.24) is 4.98 Å². The summed E-state index contributed by atoms with van der Waals surface area (Å²) in [6.45, 7) is 0.0331. The second kappa shape index (κ2) is 5.95. The molecule has 0 unspecified atom stereocenters. The SMILES string of the molecule is O=C(O)c1ccnc(CNc2cccc(F)c2[N+](=O)[O-])c1. The van der Waals surface area contributed by atoms with Gasteiger partial charge in [0.2, 0.25) is 5.82 Å². The van der Waals surface area contributed by atoms with Gasteiger partial charge >= 0.3 is 11.7 Å². The van der Waals surface area contributed by atoms with Crippen LogP contribution < -0.4 is 5.32 Å². The van der Waals surface area contributed by atoms with E-state index in [1.54, 1.807) is 0 Å². The van der Waals surface area contributed by atoms with E-state index in [1.165, 1.54) is 30.5 Å². The lowest BCUT2D eigenvalue weighted by Gasteiger charge is -2.07. The van der Waals surface area contributed by atoms with E-state index < -0.39 is 22.4 Å². The van der Waals surface area contributed by atoms with E-state index in [0.717, 1.165) is 6.07 Å². The van der Waals surface area contributed by atoms with E-state index in [2.05, 4.69) is 10.3 Å². The van der Waals surface area contributed by atoms with Crippen LogP contribution in [0.25, 0.3) is 0 Å². The molecule has 0 radical (unpaired) electrons. The number of nitro groups is 1. The summed E-state index contributed by atoms with van der Waals surface area (Å²) < 4.78 is 13.4. The Morgan fingerprint density at radius 1 is 1.43 bits per heavy atom. The molecule has 1 aromatic heterocycles. The van der Waals surface area contributed by atoms with Crippen LogP contribution in [0.3, 0.4) is 0 Å². The molecule has 1 heterocycles. The van der Waals surface area contributed by atoms with Crippen LogP contribution in [0.15, 0.2) is 36.5 Å². The fraction of sp³-hybridized carbons (Fsp3) is 0.0769. The number of carboxylic acids is 1. The first kappa shape index (κ1) is 14.4. The highest BCUT2D eigenvalue weighted by Gasteiger charge is 2.19. The van der Waals surface area contributed by atoms with Gasteiger partial charge in [0.25, 0.3) is 0 Å².